The molecule has 1 saturated carbocycles. The molecule has 1 amide bonds. The highest BCUT2D eigenvalue weighted by Gasteiger charge is 2.38. The highest BCUT2D eigenvalue weighted by atomic mass is 32.2. The van der Waals surface area contributed by atoms with E-state index in [-0.39, 0.29) is 17.2 Å². The number of nitrogens with one attached hydrogen (secondary N) is 1. The second kappa shape index (κ2) is 8.92. The van der Waals surface area contributed by atoms with Gasteiger partial charge in [0.05, 0.1) is 12.1 Å². The summed E-state index contributed by atoms with van der Waals surface area (Å²) in [4.78, 5) is 17.2. The number of benzene rings is 2. The van der Waals surface area contributed by atoms with E-state index in [0.29, 0.717) is 23.2 Å². The average molecular weight is 486 g/mol. The van der Waals surface area contributed by atoms with Crippen LogP contribution >= 0.6 is 11.8 Å². The Labute approximate surface area is 206 Å². The monoisotopic (exact) mass is 485 g/mol. The van der Waals surface area contributed by atoms with E-state index in [1.54, 1.807) is 18.2 Å². The zero-order valence-corrected chi connectivity index (χ0v) is 19.9. The predicted octanol–water partition coefficient (Wildman–Crippen LogP) is 6.03. The maximum absolute atomic E-state index is 14.3. The third-order valence-electron chi connectivity index (χ3n) is 6.84. The van der Waals surface area contributed by atoms with Gasteiger partial charge in [-0.25, -0.2) is 4.39 Å². The van der Waals surface area contributed by atoms with E-state index >= 15 is 0 Å². The molecule has 1 fully saturated rings. The Bertz CT molecular complexity index is 1450. The zero-order valence-electron chi connectivity index (χ0n) is 19.1. The lowest BCUT2D eigenvalue weighted by Crippen LogP contribution is -2.35. The van der Waals surface area contributed by atoms with Crippen LogP contribution in [0.25, 0.3) is 17.0 Å². The lowest BCUT2D eigenvalue weighted by Gasteiger charge is -2.20. The fourth-order valence-electron chi connectivity index (χ4n) is 5.01. The number of thioether (sulfide) groups is 1. The molecule has 6 rings (SSSR count). The molecule has 2 aromatic carbocycles. The Hall–Kier alpha value is -3.52. The van der Waals surface area contributed by atoms with Crippen LogP contribution in [0.5, 0.6) is 0 Å². The van der Waals surface area contributed by atoms with Gasteiger partial charge in [0, 0.05) is 34.1 Å². The molecule has 176 valence electrons. The van der Waals surface area contributed by atoms with Gasteiger partial charge in [-0.05, 0) is 42.8 Å². The van der Waals surface area contributed by atoms with Gasteiger partial charge in [0.2, 0.25) is 5.17 Å². The van der Waals surface area contributed by atoms with E-state index in [2.05, 4.69) is 4.99 Å². The van der Waals surface area contributed by atoms with E-state index < -0.39 is 5.91 Å². The van der Waals surface area contributed by atoms with Crippen molar-refractivity contribution >= 4 is 50.7 Å². The highest BCUT2D eigenvalue weighted by Crippen LogP contribution is 2.36. The number of para-hydroxylation sites is 1. The van der Waals surface area contributed by atoms with Crippen LogP contribution in [0.3, 0.4) is 0 Å². The molecule has 35 heavy (non-hydrogen) atoms. The number of aromatic nitrogens is 1. The number of carbonyl (C=O) groups is 1. The van der Waals surface area contributed by atoms with Crippen molar-refractivity contribution in [3.05, 3.63) is 77.2 Å². The first-order valence-corrected chi connectivity index (χ1v) is 12.7. The van der Waals surface area contributed by atoms with Crippen LogP contribution in [0.1, 0.15) is 43.2 Å². The summed E-state index contributed by atoms with van der Waals surface area (Å²) in [5, 5.41) is 17.3. The summed E-state index contributed by atoms with van der Waals surface area (Å²) in [7, 11) is 0. The van der Waals surface area contributed by atoms with E-state index in [1.807, 2.05) is 41.1 Å². The van der Waals surface area contributed by atoms with Gasteiger partial charge in [0.1, 0.15) is 10.9 Å². The van der Waals surface area contributed by atoms with Crippen LogP contribution in [-0.2, 0) is 11.3 Å². The first-order chi connectivity index (χ1) is 17.1. The number of hydrogen-bond acceptors (Lipinski definition) is 4. The quantitative estimate of drug-likeness (QED) is 0.459. The van der Waals surface area contributed by atoms with Gasteiger partial charge in [-0.2, -0.15) is 15.1 Å². The molecule has 8 heteroatoms. The van der Waals surface area contributed by atoms with E-state index in [1.165, 1.54) is 42.1 Å². The standard InChI is InChI=1S/C27H24FN5OS/c28-22-12-6-4-10-18(22)15-32-16-19(20-11-5-7-13-23(20)32)14-21-24(29)33-27(30-25(21)34)35-26(31-33)17-8-2-1-3-9-17/h4-7,10-14,16-17,29H,1-3,8-9,15H2/b21-14+,29-24?. The molecule has 3 aliphatic rings. The first-order valence-electron chi connectivity index (χ1n) is 11.9. The van der Waals surface area contributed by atoms with Crippen LogP contribution < -0.4 is 0 Å². The van der Waals surface area contributed by atoms with Crippen LogP contribution in [0.15, 0.2) is 70.4 Å². The van der Waals surface area contributed by atoms with Gasteiger partial charge < -0.3 is 4.57 Å². The van der Waals surface area contributed by atoms with Crippen molar-refractivity contribution in [3.8, 4) is 0 Å². The molecule has 6 nitrogen and oxygen atoms in total. The Morgan fingerprint density at radius 2 is 1.86 bits per heavy atom. The minimum absolute atomic E-state index is 0.0456. The summed E-state index contributed by atoms with van der Waals surface area (Å²) in [5.74, 6) is -0.257. The third-order valence-corrected chi connectivity index (χ3v) is 7.91. The topological polar surface area (TPSA) is 73.8 Å². The zero-order chi connectivity index (χ0) is 23.9. The number of rotatable bonds is 4. The molecular formula is C27H24FN5OS. The van der Waals surface area contributed by atoms with Gasteiger partial charge in [-0.1, -0.05) is 55.7 Å². The SMILES string of the molecule is N=C1/C(=C\c2cn(Cc3ccccc3F)c3ccccc23)C(=O)N=C2SC(C3CCCCC3)=NN12. The summed E-state index contributed by atoms with van der Waals surface area (Å²) in [6.45, 7) is 0.363. The summed E-state index contributed by atoms with van der Waals surface area (Å²) < 4.78 is 16.3. The number of nitrogens with zero attached hydrogens (tertiary/aromatic N) is 4. The van der Waals surface area contributed by atoms with E-state index in [9.17, 15) is 9.18 Å². The first kappa shape index (κ1) is 22.0. The van der Waals surface area contributed by atoms with Gasteiger partial charge in [-0.3, -0.25) is 10.2 Å². The Kier molecular flexibility index (Phi) is 5.60. The van der Waals surface area contributed by atoms with Crippen LogP contribution in [0.2, 0.25) is 0 Å². The molecule has 2 aliphatic heterocycles. The molecule has 1 aromatic heterocycles. The maximum atomic E-state index is 14.3. The van der Waals surface area contributed by atoms with Crippen molar-refractivity contribution in [2.24, 2.45) is 16.0 Å². The largest absolute Gasteiger partial charge is 0.342 e. The summed E-state index contributed by atoms with van der Waals surface area (Å²) in [5.41, 5.74) is 2.50. The van der Waals surface area contributed by atoms with Crippen molar-refractivity contribution in [2.75, 3.05) is 0 Å². The average Bonchev–Trinajstić information content (AvgIpc) is 3.46. The summed E-state index contributed by atoms with van der Waals surface area (Å²) in [6.07, 6.45) is 9.44. The molecule has 0 bridgehead atoms. The molecule has 0 saturated heterocycles. The summed E-state index contributed by atoms with van der Waals surface area (Å²) in [6, 6.07) is 14.5. The normalized spacial score (nSPS) is 19.9. The number of amidine groups is 2. The molecule has 0 spiro atoms. The second-order valence-electron chi connectivity index (χ2n) is 9.11. The minimum atomic E-state index is -0.431. The fraction of sp³-hybridized carbons (Fsp3) is 0.259. The van der Waals surface area contributed by atoms with Gasteiger partial charge in [0.25, 0.3) is 5.91 Å². The van der Waals surface area contributed by atoms with Crippen molar-refractivity contribution in [1.82, 2.24) is 9.58 Å². The highest BCUT2D eigenvalue weighted by molar-refractivity contribution is 8.27. The number of aliphatic imine (C=N–C) groups is 1. The predicted molar refractivity (Wildman–Crippen MR) is 139 cm³/mol. The smallest absolute Gasteiger partial charge is 0.283 e. The molecule has 1 aliphatic carbocycles. The molecular weight excluding hydrogens is 461 g/mol. The van der Waals surface area contributed by atoms with Crippen LogP contribution in [0.4, 0.5) is 4.39 Å². The molecule has 3 aromatic rings. The van der Waals surface area contributed by atoms with Gasteiger partial charge in [0.15, 0.2) is 5.84 Å². The third kappa shape index (κ3) is 4.01. The van der Waals surface area contributed by atoms with Crippen molar-refractivity contribution in [3.63, 3.8) is 0 Å². The van der Waals surface area contributed by atoms with Crippen molar-refractivity contribution < 1.29 is 9.18 Å². The molecule has 3 heterocycles. The molecule has 1 N–H and O–H groups in total. The number of halogens is 1. The Balaban J connectivity index is 1.35. The van der Waals surface area contributed by atoms with Crippen LogP contribution in [-0.4, -0.2) is 31.5 Å². The number of fused-ring (bicyclic) bond motifs is 2. The van der Waals surface area contributed by atoms with Crippen molar-refractivity contribution in [2.45, 2.75) is 38.6 Å². The molecule has 0 atom stereocenters. The van der Waals surface area contributed by atoms with E-state index in [4.69, 9.17) is 10.5 Å². The second-order valence-corrected chi connectivity index (χ2v) is 10.1. The molecule has 0 unspecified atom stereocenters. The maximum Gasteiger partial charge on any atom is 0.283 e. The van der Waals surface area contributed by atoms with Crippen LogP contribution in [0, 0.1) is 17.1 Å². The lowest BCUT2D eigenvalue weighted by atomic mass is 9.90. The van der Waals surface area contributed by atoms with Gasteiger partial charge >= 0.3 is 0 Å². The molecule has 0 radical (unpaired) electrons. The Morgan fingerprint density at radius 1 is 1.09 bits per heavy atom. The van der Waals surface area contributed by atoms with Gasteiger partial charge in [-0.15, -0.1) is 0 Å². The number of hydrazone groups is 1. The van der Waals surface area contributed by atoms with E-state index in [0.717, 1.165) is 34.4 Å². The number of carbonyl (C=O) groups excluding carboxylic acids is 1. The summed E-state index contributed by atoms with van der Waals surface area (Å²) >= 11 is 1.42. The lowest BCUT2D eigenvalue weighted by molar-refractivity contribution is -0.114. The minimum Gasteiger partial charge on any atom is -0.342 e. The Morgan fingerprint density at radius 3 is 2.69 bits per heavy atom. The number of amides is 1. The fourth-order valence-corrected chi connectivity index (χ4v) is 6.07. The van der Waals surface area contributed by atoms with Crippen molar-refractivity contribution in [1.29, 1.82) is 5.41 Å². The number of hydrogen-bond donors (Lipinski definition) is 1.